The summed E-state index contributed by atoms with van der Waals surface area (Å²) in [4.78, 5) is 72.5. The van der Waals surface area contributed by atoms with E-state index in [1.807, 2.05) is 0 Å². The number of aliphatic carboxylic acids is 2. The molecule has 168 valence electrons. The molecule has 2 bridgehead atoms. The Morgan fingerprint density at radius 3 is 1.72 bits per heavy atom. The number of amides is 2. The first-order valence-electron chi connectivity index (χ1n) is 9.22. The standard InChI is InChI=1S/C20H18N2O10/c21-16(29)19-2-1-10(12(15(27)28)20(19,17(22)30)18(31)32)11(6-19)7-3-8(13(23)24)5-9(4-7)14(25)26/h3-5,11H,1-2,6H2,(H2,21,29)(H2,22,30)(H,23,24)(H,25,26)(H,27,28)(H,31,32). The van der Waals surface area contributed by atoms with E-state index in [0.29, 0.717) is 0 Å². The fourth-order valence-electron chi connectivity index (χ4n) is 5.12. The predicted molar refractivity (Wildman–Crippen MR) is 103 cm³/mol. The van der Waals surface area contributed by atoms with Crippen LogP contribution in [-0.2, 0) is 19.2 Å². The summed E-state index contributed by atoms with van der Waals surface area (Å²) in [6.07, 6.45) is -0.881. The number of benzene rings is 1. The minimum atomic E-state index is -2.94. The van der Waals surface area contributed by atoms with Gasteiger partial charge in [-0.3, -0.25) is 14.4 Å². The molecule has 12 nitrogen and oxygen atoms in total. The van der Waals surface area contributed by atoms with Gasteiger partial charge in [-0.2, -0.15) is 0 Å². The van der Waals surface area contributed by atoms with E-state index in [0.717, 1.165) is 18.2 Å². The van der Waals surface area contributed by atoms with Crippen LogP contribution >= 0.6 is 0 Å². The highest BCUT2D eigenvalue weighted by atomic mass is 16.4. The van der Waals surface area contributed by atoms with Crippen LogP contribution in [0.3, 0.4) is 0 Å². The number of rotatable bonds is 7. The SMILES string of the molecule is NC(=O)C12CCC(=C(C(=O)O)C1(C(N)=O)C(=O)O)C(c1cc(C(=O)O)cc(C(=O)O)c1)C2. The van der Waals surface area contributed by atoms with E-state index < -0.39 is 75.6 Å². The van der Waals surface area contributed by atoms with Crippen molar-refractivity contribution in [1.82, 2.24) is 0 Å². The zero-order valence-electron chi connectivity index (χ0n) is 16.3. The number of fused-ring (bicyclic) bond motifs is 3. The van der Waals surface area contributed by atoms with Crippen LogP contribution in [0.5, 0.6) is 0 Å². The van der Waals surface area contributed by atoms with Gasteiger partial charge in [0.2, 0.25) is 11.8 Å². The van der Waals surface area contributed by atoms with Crippen molar-refractivity contribution in [2.24, 2.45) is 22.3 Å². The van der Waals surface area contributed by atoms with Gasteiger partial charge in [0.05, 0.1) is 22.1 Å². The number of carbonyl (C=O) groups excluding carboxylic acids is 2. The Labute approximate surface area is 179 Å². The number of hydrogen-bond acceptors (Lipinski definition) is 6. The lowest BCUT2D eigenvalue weighted by molar-refractivity contribution is -0.173. The lowest BCUT2D eigenvalue weighted by Gasteiger charge is -2.54. The molecular formula is C20H18N2O10. The van der Waals surface area contributed by atoms with Crippen LogP contribution in [0.2, 0.25) is 0 Å². The summed E-state index contributed by atoms with van der Waals surface area (Å²) in [7, 11) is 0. The van der Waals surface area contributed by atoms with Crippen LogP contribution in [0.4, 0.5) is 0 Å². The Morgan fingerprint density at radius 2 is 1.34 bits per heavy atom. The van der Waals surface area contributed by atoms with Crippen molar-refractivity contribution in [3.05, 3.63) is 46.0 Å². The highest BCUT2D eigenvalue weighted by molar-refractivity contribution is 6.17. The zero-order chi connectivity index (χ0) is 24.2. The Hall–Kier alpha value is -4.22. The maximum absolute atomic E-state index is 12.6. The first kappa shape index (κ1) is 22.5. The zero-order valence-corrected chi connectivity index (χ0v) is 16.3. The van der Waals surface area contributed by atoms with E-state index in [9.17, 15) is 49.2 Å². The van der Waals surface area contributed by atoms with Gasteiger partial charge in [-0.15, -0.1) is 0 Å². The fourth-order valence-corrected chi connectivity index (χ4v) is 5.12. The minimum absolute atomic E-state index is 0.0323. The first-order chi connectivity index (χ1) is 14.8. The van der Waals surface area contributed by atoms with Gasteiger partial charge in [-0.25, -0.2) is 14.4 Å². The summed E-state index contributed by atoms with van der Waals surface area (Å²) >= 11 is 0. The van der Waals surface area contributed by atoms with E-state index in [4.69, 9.17) is 11.5 Å². The van der Waals surface area contributed by atoms with E-state index in [1.54, 1.807) is 0 Å². The van der Waals surface area contributed by atoms with Gasteiger partial charge in [0, 0.05) is 5.92 Å². The highest BCUT2D eigenvalue weighted by Crippen LogP contribution is 2.65. The molecule has 4 rings (SSSR count). The molecule has 1 fully saturated rings. The van der Waals surface area contributed by atoms with Gasteiger partial charge in [-0.1, -0.05) is 5.57 Å². The van der Waals surface area contributed by atoms with Gasteiger partial charge < -0.3 is 31.9 Å². The third-order valence-corrected chi connectivity index (χ3v) is 6.44. The Bertz CT molecular complexity index is 1100. The maximum atomic E-state index is 12.6. The average molecular weight is 446 g/mol. The molecule has 0 spiro atoms. The van der Waals surface area contributed by atoms with Crippen molar-refractivity contribution in [2.45, 2.75) is 25.2 Å². The molecule has 2 amide bonds. The number of nitrogens with two attached hydrogens (primary N) is 2. The Kier molecular flexibility index (Phi) is 5.04. The molecule has 32 heavy (non-hydrogen) atoms. The number of carboxylic acids is 4. The van der Waals surface area contributed by atoms with Crippen LogP contribution in [0.1, 0.15) is 51.5 Å². The lowest BCUT2D eigenvalue weighted by atomic mass is 9.44. The molecule has 1 aromatic rings. The van der Waals surface area contributed by atoms with Gasteiger partial charge in [0.15, 0.2) is 5.41 Å². The Morgan fingerprint density at radius 1 is 0.812 bits per heavy atom. The lowest BCUT2D eigenvalue weighted by Crippen LogP contribution is -2.67. The molecule has 0 heterocycles. The van der Waals surface area contributed by atoms with Gasteiger partial charge in [0.1, 0.15) is 0 Å². The number of primary amides is 2. The summed E-state index contributed by atoms with van der Waals surface area (Å²) in [6.45, 7) is 0. The Balaban J connectivity index is 2.43. The van der Waals surface area contributed by atoms with Gasteiger partial charge in [-0.05, 0) is 43.0 Å². The fraction of sp³-hybridized carbons (Fsp3) is 0.300. The van der Waals surface area contributed by atoms with Crippen molar-refractivity contribution >= 4 is 35.7 Å². The number of carboxylic acid groups (broad SMARTS) is 4. The maximum Gasteiger partial charge on any atom is 0.335 e. The molecule has 3 aliphatic rings. The van der Waals surface area contributed by atoms with Crippen LogP contribution in [0.15, 0.2) is 29.3 Å². The molecule has 1 aromatic carbocycles. The second-order valence-electron chi connectivity index (χ2n) is 7.78. The van der Waals surface area contributed by atoms with Gasteiger partial charge in [0.25, 0.3) is 0 Å². The van der Waals surface area contributed by atoms with Gasteiger partial charge >= 0.3 is 23.9 Å². The molecule has 8 N–H and O–H groups in total. The van der Waals surface area contributed by atoms with Crippen molar-refractivity contribution in [3.8, 4) is 0 Å². The molecule has 0 aliphatic heterocycles. The monoisotopic (exact) mass is 446 g/mol. The molecule has 1 saturated carbocycles. The predicted octanol–water partition coefficient (Wildman–Crippen LogP) is -0.227. The second kappa shape index (κ2) is 7.18. The number of carbonyl (C=O) groups is 6. The minimum Gasteiger partial charge on any atom is -0.480 e. The third-order valence-electron chi connectivity index (χ3n) is 6.44. The van der Waals surface area contributed by atoms with Crippen LogP contribution in [0.25, 0.3) is 0 Å². The smallest absolute Gasteiger partial charge is 0.335 e. The number of hydrogen-bond donors (Lipinski definition) is 6. The molecule has 3 aliphatic carbocycles. The van der Waals surface area contributed by atoms with E-state index in [2.05, 4.69) is 0 Å². The summed E-state index contributed by atoms with van der Waals surface area (Å²) in [5, 5.41) is 38.5. The third kappa shape index (κ3) is 2.76. The largest absolute Gasteiger partial charge is 0.480 e. The van der Waals surface area contributed by atoms with E-state index in [1.165, 1.54) is 0 Å². The molecule has 12 heteroatoms. The number of allylic oxidation sites excluding steroid dienone is 1. The van der Waals surface area contributed by atoms with Crippen molar-refractivity contribution in [1.29, 1.82) is 0 Å². The molecule has 3 unspecified atom stereocenters. The van der Waals surface area contributed by atoms with Crippen molar-refractivity contribution in [2.75, 3.05) is 0 Å². The highest BCUT2D eigenvalue weighted by Gasteiger charge is 2.73. The molecular weight excluding hydrogens is 428 g/mol. The van der Waals surface area contributed by atoms with Crippen LogP contribution < -0.4 is 11.5 Å². The average Bonchev–Trinajstić information content (AvgIpc) is 2.71. The quantitative estimate of drug-likeness (QED) is 0.301. The van der Waals surface area contributed by atoms with E-state index in [-0.39, 0.29) is 24.0 Å². The van der Waals surface area contributed by atoms with Crippen molar-refractivity contribution in [3.63, 3.8) is 0 Å². The van der Waals surface area contributed by atoms with E-state index >= 15 is 0 Å². The number of aromatic carboxylic acids is 2. The van der Waals surface area contributed by atoms with Crippen molar-refractivity contribution < 1.29 is 49.2 Å². The van der Waals surface area contributed by atoms with Crippen LogP contribution in [0, 0.1) is 10.8 Å². The molecule has 0 aromatic heterocycles. The normalized spacial score (nSPS) is 26.4. The molecule has 0 saturated heterocycles. The summed E-state index contributed by atoms with van der Waals surface area (Å²) in [5.74, 6) is -10.6. The summed E-state index contributed by atoms with van der Waals surface area (Å²) in [6, 6.07) is 3.11. The molecule has 3 atom stereocenters. The summed E-state index contributed by atoms with van der Waals surface area (Å²) < 4.78 is 0. The topological polar surface area (TPSA) is 235 Å². The van der Waals surface area contributed by atoms with Crippen LogP contribution in [-0.4, -0.2) is 56.1 Å². The molecule has 0 radical (unpaired) electrons. The second-order valence-corrected chi connectivity index (χ2v) is 7.78. The first-order valence-corrected chi connectivity index (χ1v) is 9.22. The summed E-state index contributed by atoms with van der Waals surface area (Å²) in [5.41, 5.74) is 3.99.